The van der Waals surface area contributed by atoms with Crippen LogP contribution in [0.2, 0.25) is 0 Å². The first-order valence-electron chi connectivity index (χ1n) is 10.1. The summed E-state index contributed by atoms with van der Waals surface area (Å²) in [6.07, 6.45) is 0. The molecule has 0 aliphatic carbocycles. The highest BCUT2D eigenvalue weighted by Crippen LogP contribution is 2.26. The van der Waals surface area contributed by atoms with E-state index in [1.807, 2.05) is 37.3 Å². The maximum atomic E-state index is 12.9. The molecule has 1 aliphatic heterocycles. The van der Waals surface area contributed by atoms with Crippen LogP contribution in [0.15, 0.2) is 72.8 Å². The van der Waals surface area contributed by atoms with Crippen molar-refractivity contribution in [3.63, 3.8) is 0 Å². The second-order valence-electron chi connectivity index (χ2n) is 7.17. The van der Waals surface area contributed by atoms with E-state index in [9.17, 15) is 14.4 Å². The van der Waals surface area contributed by atoms with Crippen LogP contribution in [0.25, 0.3) is 0 Å². The molecule has 3 amide bonds. The molecular weight excluding hydrogens is 392 g/mol. The second kappa shape index (κ2) is 8.83. The van der Waals surface area contributed by atoms with Crippen LogP contribution in [0.5, 0.6) is 5.75 Å². The minimum Gasteiger partial charge on any atom is -0.493 e. The summed E-state index contributed by atoms with van der Waals surface area (Å²) >= 11 is 0. The van der Waals surface area contributed by atoms with Crippen LogP contribution < -0.4 is 10.1 Å². The number of rotatable bonds is 7. The number of hydrogen-bond donors (Lipinski definition) is 1. The molecule has 6 heteroatoms. The van der Waals surface area contributed by atoms with E-state index in [0.29, 0.717) is 41.2 Å². The fourth-order valence-electron chi connectivity index (χ4n) is 3.57. The van der Waals surface area contributed by atoms with E-state index in [0.717, 1.165) is 5.56 Å². The van der Waals surface area contributed by atoms with Gasteiger partial charge in [-0.2, -0.15) is 0 Å². The lowest BCUT2D eigenvalue weighted by Crippen LogP contribution is -2.29. The lowest BCUT2D eigenvalue weighted by atomic mass is 10.1. The summed E-state index contributed by atoms with van der Waals surface area (Å²) in [5, 5.41) is 2.90. The van der Waals surface area contributed by atoms with Gasteiger partial charge < -0.3 is 10.1 Å². The molecule has 6 nitrogen and oxygen atoms in total. The zero-order valence-electron chi connectivity index (χ0n) is 17.1. The van der Waals surface area contributed by atoms with Crippen molar-refractivity contribution in [1.29, 1.82) is 0 Å². The highest BCUT2D eigenvalue weighted by Gasteiger charge is 2.35. The van der Waals surface area contributed by atoms with Gasteiger partial charge in [0.05, 0.1) is 29.8 Å². The third-order valence-electron chi connectivity index (χ3n) is 5.10. The molecule has 3 aromatic rings. The van der Waals surface area contributed by atoms with Gasteiger partial charge in [0.25, 0.3) is 17.7 Å². The number of hydrogen-bond acceptors (Lipinski definition) is 4. The quantitative estimate of drug-likeness (QED) is 0.597. The van der Waals surface area contributed by atoms with Crippen LogP contribution >= 0.6 is 0 Å². The summed E-state index contributed by atoms with van der Waals surface area (Å²) in [7, 11) is 0. The lowest BCUT2D eigenvalue weighted by Gasteiger charge is -2.16. The first kappa shape index (κ1) is 20.3. The standard InChI is InChI=1S/C25H22N2O4/c1-2-31-22-13-12-18(14-21(22)23(28)26-15-17-8-4-3-5-9-17)16-27-24(29)19-10-6-7-11-20(19)25(27)30/h3-14H,2,15-16H2,1H3,(H,26,28). The second-order valence-corrected chi connectivity index (χ2v) is 7.17. The van der Waals surface area contributed by atoms with Gasteiger partial charge in [-0.25, -0.2) is 0 Å². The molecular formula is C25H22N2O4. The lowest BCUT2D eigenvalue weighted by molar-refractivity contribution is 0.0642. The van der Waals surface area contributed by atoms with Crippen LogP contribution in [-0.4, -0.2) is 29.2 Å². The predicted molar refractivity (Wildman–Crippen MR) is 116 cm³/mol. The Morgan fingerprint density at radius 3 is 2.16 bits per heavy atom. The van der Waals surface area contributed by atoms with Gasteiger partial charge in [-0.15, -0.1) is 0 Å². The molecule has 0 fully saturated rings. The Bertz CT molecular complexity index is 1110. The number of nitrogens with zero attached hydrogens (tertiary/aromatic N) is 1. The van der Waals surface area contributed by atoms with Gasteiger partial charge >= 0.3 is 0 Å². The van der Waals surface area contributed by atoms with Crippen LogP contribution in [0.3, 0.4) is 0 Å². The van der Waals surface area contributed by atoms with E-state index in [1.54, 1.807) is 42.5 Å². The van der Waals surface area contributed by atoms with E-state index in [2.05, 4.69) is 5.32 Å². The molecule has 0 aromatic heterocycles. The summed E-state index contributed by atoms with van der Waals surface area (Å²) in [5.41, 5.74) is 2.82. The Morgan fingerprint density at radius 2 is 1.52 bits per heavy atom. The minimum atomic E-state index is -0.329. The third kappa shape index (κ3) is 4.19. The Kier molecular flexibility index (Phi) is 5.80. The molecule has 0 bridgehead atoms. The maximum absolute atomic E-state index is 12.9. The molecule has 0 saturated carbocycles. The van der Waals surface area contributed by atoms with Gasteiger partial charge in [-0.3, -0.25) is 19.3 Å². The molecule has 0 atom stereocenters. The Morgan fingerprint density at radius 1 is 0.871 bits per heavy atom. The van der Waals surface area contributed by atoms with Crippen molar-refractivity contribution in [2.24, 2.45) is 0 Å². The maximum Gasteiger partial charge on any atom is 0.261 e. The monoisotopic (exact) mass is 414 g/mol. The number of carbonyl (C=O) groups is 3. The molecule has 1 heterocycles. The molecule has 0 radical (unpaired) electrons. The van der Waals surface area contributed by atoms with Gasteiger partial charge in [0.1, 0.15) is 5.75 Å². The summed E-state index contributed by atoms with van der Waals surface area (Å²) < 4.78 is 5.62. The van der Waals surface area contributed by atoms with Crippen molar-refractivity contribution in [3.8, 4) is 5.75 Å². The van der Waals surface area contributed by atoms with Gasteiger partial charge in [0.2, 0.25) is 0 Å². The Labute approximate surface area is 180 Å². The molecule has 31 heavy (non-hydrogen) atoms. The normalized spacial score (nSPS) is 12.6. The number of amides is 3. The average molecular weight is 414 g/mol. The zero-order chi connectivity index (χ0) is 21.8. The first-order valence-corrected chi connectivity index (χ1v) is 10.1. The number of ether oxygens (including phenoxy) is 1. The highest BCUT2D eigenvalue weighted by molar-refractivity contribution is 6.21. The van der Waals surface area contributed by atoms with Crippen molar-refractivity contribution in [3.05, 3.63) is 101 Å². The molecule has 4 rings (SSSR count). The van der Waals surface area contributed by atoms with Crippen LogP contribution in [0.1, 0.15) is 49.1 Å². The van der Waals surface area contributed by atoms with Crippen molar-refractivity contribution in [2.45, 2.75) is 20.0 Å². The van der Waals surface area contributed by atoms with Crippen LogP contribution in [0.4, 0.5) is 0 Å². The SMILES string of the molecule is CCOc1ccc(CN2C(=O)c3ccccc3C2=O)cc1C(=O)NCc1ccccc1. The van der Waals surface area contributed by atoms with E-state index in [4.69, 9.17) is 4.74 Å². The molecule has 3 aromatic carbocycles. The fraction of sp³-hybridized carbons (Fsp3) is 0.160. The van der Waals surface area contributed by atoms with Crippen LogP contribution in [0, 0.1) is 0 Å². The Hall–Kier alpha value is -3.93. The van der Waals surface area contributed by atoms with E-state index in [-0.39, 0.29) is 24.3 Å². The summed E-state index contributed by atoms with van der Waals surface area (Å²) in [4.78, 5) is 39.4. The molecule has 0 saturated heterocycles. The van der Waals surface area contributed by atoms with Gasteiger partial charge in [-0.1, -0.05) is 48.5 Å². The molecule has 0 unspecified atom stereocenters. The predicted octanol–water partition coefficient (Wildman–Crippen LogP) is 3.81. The summed E-state index contributed by atoms with van der Waals surface area (Å²) in [5.74, 6) is -0.482. The number of nitrogens with one attached hydrogen (secondary N) is 1. The third-order valence-corrected chi connectivity index (χ3v) is 5.10. The average Bonchev–Trinajstić information content (AvgIpc) is 3.04. The molecule has 0 spiro atoms. The smallest absolute Gasteiger partial charge is 0.261 e. The van der Waals surface area contributed by atoms with Gasteiger partial charge in [0.15, 0.2) is 0 Å². The Balaban J connectivity index is 1.55. The van der Waals surface area contributed by atoms with Gasteiger partial charge in [0, 0.05) is 6.54 Å². The molecule has 1 aliphatic rings. The van der Waals surface area contributed by atoms with Gasteiger partial charge in [-0.05, 0) is 42.3 Å². The first-order chi connectivity index (χ1) is 15.1. The number of fused-ring (bicyclic) bond motifs is 1. The van der Waals surface area contributed by atoms with Crippen molar-refractivity contribution in [2.75, 3.05) is 6.61 Å². The summed E-state index contributed by atoms with van der Waals surface area (Å²) in [6.45, 7) is 2.72. The number of imide groups is 1. The van der Waals surface area contributed by atoms with E-state index >= 15 is 0 Å². The van der Waals surface area contributed by atoms with Crippen molar-refractivity contribution >= 4 is 17.7 Å². The number of carbonyl (C=O) groups excluding carboxylic acids is 3. The van der Waals surface area contributed by atoms with Crippen molar-refractivity contribution < 1.29 is 19.1 Å². The van der Waals surface area contributed by atoms with E-state index < -0.39 is 0 Å². The van der Waals surface area contributed by atoms with E-state index in [1.165, 1.54) is 4.90 Å². The van der Waals surface area contributed by atoms with Crippen molar-refractivity contribution in [1.82, 2.24) is 10.2 Å². The largest absolute Gasteiger partial charge is 0.493 e. The zero-order valence-corrected chi connectivity index (χ0v) is 17.1. The number of benzene rings is 3. The van der Waals surface area contributed by atoms with Crippen LogP contribution in [-0.2, 0) is 13.1 Å². The fourth-order valence-corrected chi connectivity index (χ4v) is 3.57. The molecule has 156 valence electrons. The topological polar surface area (TPSA) is 75.7 Å². The molecule has 1 N–H and O–H groups in total. The highest BCUT2D eigenvalue weighted by atomic mass is 16.5. The minimum absolute atomic E-state index is 0.0811. The summed E-state index contributed by atoms with van der Waals surface area (Å²) in [6, 6.07) is 21.5.